The van der Waals surface area contributed by atoms with Gasteiger partial charge >= 0.3 is 0 Å². The Hall–Kier alpha value is -2.41. The van der Waals surface area contributed by atoms with Crippen molar-refractivity contribution >= 4 is 11.6 Å². The highest BCUT2D eigenvalue weighted by molar-refractivity contribution is 6.03. The Balaban J connectivity index is 1.71. The van der Waals surface area contributed by atoms with Crippen LogP contribution in [-0.4, -0.2) is 40.9 Å². The van der Waals surface area contributed by atoms with E-state index in [1.54, 1.807) is 31.6 Å². The van der Waals surface area contributed by atoms with Crippen molar-refractivity contribution in [1.29, 1.82) is 0 Å². The molecule has 0 aliphatic carbocycles. The molecule has 7 nitrogen and oxygen atoms in total. The maximum absolute atomic E-state index is 12.3. The molecule has 0 spiro atoms. The van der Waals surface area contributed by atoms with Crippen LogP contribution < -0.4 is 15.4 Å². The number of hydrogen-bond acceptors (Lipinski definition) is 5. The minimum absolute atomic E-state index is 0.270. The molecule has 3 heterocycles. The zero-order valence-corrected chi connectivity index (χ0v) is 12.5. The molecule has 0 bridgehead atoms. The molecule has 0 saturated carbocycles. The highest BCUT2D eigenvalue weighted by atomic mass is 16.5. The van der Waals surface area contributed by atoms with Crippen molar-refractivity contribution in [3.63, 3.8) is 0 Å². The maximum Gasteiger partial charge on any atom is 0.276 e. The lowest BCUT2D eigenvalue weighted by molar-refractivity contribution is 0.102. The standard InChI is InChI=1S/C15H19N5O2/c1-22-14-4-7-17-10-13(14)18-15(21)12-5-8-20(19-12)11-3-2-6-16-9-11/h4-5,7-8,10-11,16H,2-3,6,9H2,1H3,(H,18,21). The van der Waals surface area contributed by atoms with Gasteiger partial charge in [0.15, 0.2) is 5.69 Å². The molecule has 1 saturated heterocycles. The summed E-state index contributed by atoms with van der Waals surface area (Å²) in [6.45, 7) is 1.94. The number of rotatable bonds is 4. The molecule has 2 N–H and O–H groups in total. The first-order valence-corrected chi connectivity index (χ1v) is 7.33. The molecule has 116 valence electrons. The third-order valence-corrected chi connectivity index (χ3v) is 3.74. The number of methoxy groups -OCH3 is 1. The monoisotopic (exact) mass is 301 g/mol. The molecule has 0 radical (unpaired) electrons. The van der Waals surface area contributed by atoms with Crippen molar-refractivity contribution in [3.05, 3.63) is 36.4 Å². The van der Waals surface area contributed by atoms with Crippen LogP contribution in [0.2, 0.25) is 0 Å². The van der Waals surface area contributed by atoms with Gasteiger partial charge in [0, 0.05) is 25.0 Å². The summed E-state index contributed by atoms with van der Waals surface area (Å²) in [6, 6.07) is 3.73. The third kappa shape index (κ3) is 3.09. The molecule has 2 aromatic rings. The van der Waals surface area contributed by atoms with Crippen LogP contribution in [0.15, 0.2) is 30.7 Å². The van der Waals surface area contributed by atoms with Crippen LogP contribution in [0.25, 0.3) is 0 Å². The lowest BCUT2D eigenvalue weighted by Crippen LogP contribution is -2.32. The van der Waals surface area contributed by atoms with Gasteiger partial charge < -0.3 is 15.4 Å². The number of nitrogens with one attached hydrogen (secondary N) is 2. The molecule has 0 aromatic carbocycles. The van der Waals surface area contributed by atoms with Crippen LogP contribution >= 0.6 is 0 Å². The quantitative estimate of drug-likeness (QED) is 0.893. The van der Waals surface area contributed by atoms with Crippen molar-refractivity contribution in [2.24, 2.45) is 0 Å². The first-order valence-electron chi connectivity index (χ1n) is 7.33. The predicted octanol–water partition coefficient (Wildman–Crippen LogP) is 1.46. The average molecular weight is 301 g/mol. The van der Waals surface area contributed by atoms with E-state index >= 15 is 0 Å². The minimum atomic E-state index is -0.270. The van der Waals surface area contributed by atoms with E-state index in [2.05, 4.69) is 20.7 Å². The number of pyridine rings is 1. The summed E-state index contributed by atoms with van der Waals surface area (Å²) >= 11 is 0. The normalized spacial score (nSPS) is 18.0. The van der Waals surface area contributed by atoms with Gasteiger partial charge in [-0.2, -0.15) is 5.10 Å². The molecule has 1 amide bonds. The molecule has 1 aliphatic rings. The summed E-state index contributed by atoms with van der Waals surface area (Å²) in [4.78, 5) is 16.3. The Labute approximate surface area is 128 Å². The fourth-order valence-corrected chi connectivity index (χ4v) is 2.56. The first-order chi connectivity index (χ1) is 10.8. The van der Waals surface area contributed by atoms with Crippen LogP contribution in [0.3, 0.4) is 0 Å². The number of piperidine rings is 1. The van der Waals surface area contributed by atoms with Gasteiger partial charge in [0.25, 0.3) is 5.91 Å². The van der Waals surface area contributed by atoms with Crippen molar-refractivity contribution < 1.29 is 9.53 Å². The minimum Gasteiger partial charge on any atom is -0.494 e. The number of aromatic nitrogens is 3. The van der Waals surface area contributed by atoms with Crippen molar-refractivity contribution in [3.8, 4) is 5.75 Å². The molecule has 1 aliphatic heterocycles. The molecule has 3 rings (SSSR count). The Morgan fingerprint density at radius 2 is 2.41 bits per heavy atom. The van der Waals surface area contributed by atoms with Crippen LogP contribution in [0.4, 0.5) is 5.69 Å². The van der Waals surface area contributed by atoms with Gasteiger partial charge in [-0.15, -0.1) is 0 Å². The van der Waals surface area contributed by atoms with Crippen LogP contribution in [-0.2, 0) is 0 Å². The summed E-state index contributed by atoms with van der Waals surface area (Å²) in [6.07, 6.45) is 7.22. The van der Waals surface area contributed by atoms with E-state index in [-0.39, 0.29) is 5.91 Å². The first kappa shape index (κ1) is 14.5. The highest BCUT2D eigenvalue weighted by Gasteiger charge is 2.18. The molecule has 7 heteroatoms. The maximum atomic E-state index is 12.3. The Morgan fingerprint density at radius 3 is 3.18 bits per heavy atom. The van der Waals surface area contributed by atoms with E-state index in [4.69, 9.17) is 4.74 Å². The zero-order chi connectivity index (χ0) is 15.4. The van der Waals surface area contributed by atoms with Crippen molar-refractivity contribution in [2.75, 3.05) is 25.5 Å². The Bertz CT molecular complexity index is 649. The molecule has 2 aromatic heterocycles. The molecule has 22 heavy (non-hydrogen) atoms. The molecular formula is C15H19N5O2. The number of hydrogen-bond donors (Lipinski definition) is 2. The lowest BCUT2D eigenvalue weighted by Gasteiger charge is -2.22. The van der Waals surface area contributed by atoms with Crippen LogP contribution in [0, 0.1) is 0 Å². The van der Waals surface area contributed by atoms with Gasteiger partial charge in [-0.05, 0) is 25.5 Å². The molecule has 1 unspecified atom stereocenters. The van der Waals surface area contributed by atoms with Gasteiger partial charge in [0.2, 0.25) is 0 Å². The fourth-order valence-electron chi connectivity index (χ4n) is 2.56. The van der Waals surface area contributed by atoms with Crippen molar-refractivity contribution in [1.82, 2.24) is 20.1 Å². The second-order valence-corrected chi connectivity index (χ2v) is 5.21. The number of ether oxygens (including phenoxy) is 1. The summed E-state index contributed by atoms with van der Waals surface area (Å²) < 4.78 is 7.06. The highest BCUT2D eigenvalue weighted by Crippen LogP contribution is 2.22. The van der Waals surface area contributed by atoms with Gasteiger partial charge in [-0.25, -0.2) is 0 Å². The van der Waals surface area contributed by atoms with Gasteiger partial charge in [0.1, 0.15) is 11.4 Å². The van der Waals surface area contributed by atoms with E-state index < -0.39 is 0 Å². The molecule has 1 fully saturated rings. The van der Waals surface area contributed by atoms with E-state index in [1.807, 2.05) is 10.9 Å². The SMILES string of the molecule is COc1ccncc1NC(=O)c1ccn(C2CCCNC2)n1. The number of carbonyl (C=O) groups is 1. The van der Waals surface area contributed by atoms with Gasteiger partial charge in [0.05, 0.1) is 19.3 Å². The fraction of sp³-hybridized carbons (Fsp3) is 0.400. The van der Waals surface area contributed by atoms with Crippen LogP contribution in [0.1, 0.15) is 29.4 Å². The number of anilines is 1. The van der Waals surface area contributed by atoms with Crippen molar-refractivity contribution in [2.45, 2.75) is 18.9 Å². The summed E-state index contributed by atoms with van der Waals surface area (Å²) in [5, 5.41) is 10.5. The predicted molar refractivity (Wildman–Crippen MR) is 82.1 cm³/mol. The second kappa shape index (κ2) is 6.57. The van der Waals surface area contributed by atoms with Gasteiger partial charge in [-0.3, -0.25) is 14.5 Å². The van der Waals surface area contributed by atoms with Gasteiger partial charge in [-0.1, -0.05) is 0 Å². The third-order valence-electron chi connectivity index (χ3n) is 3.74. The average Bonchev–Trinajstić information content (AvgIpc) is 3.06. The second-order valence-electron chi connectivity index (χ2n) is 5.21. The number of carbonyl (C=O) groups excluding carboxylic acids is 1. The van der Waals surface area contributed by atoms with E-state index in [1.165, 1.54) is 0 Å². The summed E-state index contributed by atoms with van der Waals surface area (Å²) in [5.41, 5.74) is 0.917. The molecule has 1 atom stereocenters. The number of nitrogens with zero attached hydrogens (tertiary/aromatic N) is 3. The smallest absolute Gasteiger partial charge is 0.276 e. The lowest BCUT2D eigenvalue weighted by atomic mass is 10.1. The summed E-state index contributed by atoms with van der Waals surface area (Å²) in [7, 11) is 1.55. The van der Waals surface area contributed by atoms with E-state index in [0.717, 1.165) is 25.9 Å². The van der Waals surface area contributed by atoms with E-state index in [0.29, 0.717) is 23.2 Å². The van der Waals surface area contributed by atoms with Crippen LogP contribution in [0.5, 0.6) is 5.75 Å². The molecular weight excluding hydrogens is 282 g/mol. The van der Waals surface area contributed by atoms with E-state index in [9.17, 15) is 4.79 Å². The Morgan fingerprint density at radius 1 is 1.50 bits per heavy atom. The number of amides is 1. The zero-order valence-electron chi connectivity index (χ0n) is 12.5. The Kier molecular flexibility index (Phi) is 4.34. The largest absolute Gasteiger partial charge is 0.494 e. The summed E-state index contributed by atoms with van der Waals surface area (Å²) in [5.74, 6) is 0.299. The topological polar surface area (TPSA) is 81.1 Å².